The van der Waals surface area contributed by atoms with Gasteiger partial charge in [0, 0.05) is 67.0 Å². The first-order chi connectivity index (χ1) is 17.0. The average molecular weight is 469 g/mol. The maximum absolute atomic E-state index is 12.0. The quantitative estimate of drug-likeness (QED) is 0.307. The molecule has 5 N–H and O–H groups in total. The summed E-state index contributed by atoms with van der Waals surface area (Å²) in [4.78, 5) is 33.2. The lowest BCUT2D eigenvalue weighted by molar-refractivity contribution is -0.135. The number of fused-ring (bicyclic) bond motifs is 1. The number of amides is 2. The molecule has 0 unspecified atom stereocenters. The van der Waals surface area contributed by atoms with Crippen LogP contribution in [-0.2, 0) is 11.3 Å². The highest BCUT2D eigenvalue weighted by Crippen LogP contribution is 2.29. The van der Waals surface area contributed by atoms with E-state index >= 15 is 0 Å². The number of likely N-dealkylation sites (tertiary alicyclic amines) is 1. The van der Waals surface area contributed by atoms with Crippen LogP contribution in [0.25, 0.3) is 10.9 Å². The molecule has 5 rings (SSSR count). The van der Waals surface area contributed by atoms with Crippen LogP contribution in [0.4, 0.5) is 17.2 Å². The Bertz CT molecular complexity index is 1370. The molecule has 2 amide bonds. The highest BCUT2D eigenvalue weighted by atomic mass is 16.2. The van der Waals surface area contributed by atoms with Gasteiger partial charge in [-0.05, 0) is 35.4 Å². The largest absolute Gasteiger partial charge is 0.380 e. The highest BCUT2D eigenvalue weighted by Gasteiger charge is 2.30. The van der Waals surface area contributed by atoms with Crippen LogP contribution in [0.2, 0.25) is 0 Å². The monoisotopic (exact) mass is 468 g/mol. The summed E-state index contributed by atoms with van der Waals surface area (Å²) in [5, 5.41) is 7.78. The molecule has 0 bridgehead atoms. The lowest BCUT2D eigenvalue weighted by Gasteiger charge is -2.39. The Hall–Kier alpha value is -4.33. The second-order valence-electron chi connectivity index (χ2n) is 8.79. The molecule has 2 aromatic heterocycles. The number of H-pyrrole nitrogens is 1. The zero-order valence-electron chi connectivity index (χ0n) is 19.5. The van der Waals surface area contributed by atoms with Gasteiger partial charge in [0.15, 0.2) is 0 Å². The van der Waals surface area contributed by atoms with Gasteiger partial charge < -0.3 is 26.3 Å². The van der Waals surface area contributed by atoms with Crippen molar-refractivity contribution in [1.82, 2.24) is 14.9 Å². The summed E-state index contributed by atoms with van der Waals surface area (Å²) in [7, 11) is 0. The van der Waals surface area contributed by atoms with Crippen molar-refractivity contribution in [3.63, 3.8) is 0 Å². The molecule has 1 aliphatic heterocycles. The van der Waals surface area contributed by atoms with Crippen molar-refractivity contribution in [2.24, 2.45) is 5.73 Å². The van der Waals surface area contributed by atoms with E-state index in [0.717, 1.165) is 35.2 Å². The first-order valence-electron chi connectivity index (χ1n) is 11.7. The van der Waals surface area contributed by atoms with E-state index in [1.54, 1.807) is 6.07 Å². The van der Waals surface area contributed by atoms with Crippen LogP contribution in [0, 0.1) is 0 Å². The van der Waals surface area contributed by atoms with E-state index < -0.39 is 5.91 Å². The molecule has 4 aromatic rings. The number of aromatic amines is 1. The van der Waals surface area contributed by atoms with Crippen molar-refractivity contribution in [1.29, 1.82) is 0 Å². The third kappa shape index (κ3) is 4.68. The molecule has 1 aliphatic rings. The number of hydrogen-bond acceptors (Lipinski definition) is 5. The van der Waals surface area contributed by atoms with E-state index in [1.165, 1.54) is 11.8 Å². The predicted molar refractivity (Wildman–Crippen MR) is 138 cm³/mol. The number of carbonyl (C=O) groups excluding carboxylic acids is 2. The second kappa shape index (κ2) is 9.50. The van der Waals surface area contributed by atoms with E-state index in [-0.39, 0.29) is 5.91 Å². The molecule has 3 heterocycles. The fraction of sp³-hybridized carbons (Fsp3) is 0.222. The molecule has 8 heteroatoms. The summed E-state index contributed by atoms with van der Waals surface area (Å²) in [5.41, 5.74) is 10.8. The van der Waals surface area contributed by atoms with Gasteiger partial charge in [-0.3, -0.25) is 9.59 Å². The third-order valence-corrected chi connectivity index (χ3v) is 6.52. The van der Waals surface area contributed by atoms with Gasteiger partial charge in [-0.25, -0.2) is 4.98 Å². The van der Waals surface area contributed by atoms with Crippen LogP contribution in [-0.4, -0.2) is 39.8 Å². The summed E-state index contributed by atoms with van der Waals surface area (Å²) < 4.78 is 0. The van der Waals surface area contributed by atoms with Gasteiger partial charge in [0.05, 0.1) is 11.3 Å². The summed E-state index contributed by atoms with van der Waals surface area (Å²) in [5.74, 6) is 0.660. The zero-order valence-corrected chi connectivity index (χ0v) is 19.5. The number of benzene rings is 2. The number of nitrogens with two attached hydrogens (primary N) is 1. The Morgan fingerprint density at radius 3 is 2.69 bits per heavy atom. The van der Waals surface area contributed by atoms with Gasteiger partial charge in [-0.1, -0.05) is 31.2 Å². The molecule has 0 aliphatic carbocycles. The van der Waals surface area contributed by atoms with Gasteiger partial charge in [0.2, 0.25) is 5.91 Å². The van der Waals surface area contributed by atoms with Gasteiger partial charge in [-0.15, -0.1) is 0 Å². The SMILES string of the molecule is CCC(=O)N1CC(c2ccc(Nc3cc(NCc4cccc5[nH]ccc45)c(C(N)=O)cn3)cc2)C1. The van der Waals surface area contributed by atoms with Gasteiger partial charge in [0.1, 0.15) is 5.82 Å². The summed E-state index contributed by atoms with van der Waals surface area (Å²) >= 11 is 0. The maximum Gasteiger partial charge on any atom is 0.252 e. The first kappa shape index (κ1) is 22.5. The van der Waals surface area contributed by atoms with E-state index in [0.29, 0.717) is 36.0 Å². The van der Waals surface area contributed by atoms with E-state index in [1.807, 2.05) is 48.4 Å². The van der Waals surface area contributed by atoms with Crippen LogP contribution < -0.4 is 16.4 Å². The van der Waals surface area contributed by atoms with Crippen molar-refractivity contribution in [2.75, 3.05) is 23.7 Å². The Morgan fingerprint density at radius 1 is 1.14 bits per heavy atom. The Kier molecular flexibility index (Phi) is 6.10. The molecule has 0 saturated carbocycles. The van der Waals surface area contributed by atoms with Gasteiger partial charge >= 0.3 is 0 Å². The van der Waals surface area contributed by atoms with Crippen molar-refractivity contribution in [3.8, 4) is 0 Å². The van der Waals surface area contributed by atoms with Crippen molar-refractivity contribution < 1.29 is 9.59 Å². The van der Waals surface area contributed by atoms with Crippen molar-refractivity contribution >= 4 is 39.9 Å². The minimum Gasteiger partial charge on any atom is -0.380 e. The van der Waals surface area contributed by atoms with Crippen LogP contribution in [0.15, 0.2) is 67.0 Å². The Balaban J connectivity index is 1.28. The lowest BCUT2D eigenvalue weighted by Crippen LogP contribution is -2.48. The zero-order chi connectivity index (χ0) is 24.4. The maximum atomic E-state index is 12.0. The van der Waals surface area contributed by atoms with Crippen molar-refractivity contribution in [2.45, 2.75) is 25.8 Å². The van der Waals surface area contributed by atoms with E-state index in [2.05, 4.69) is 38.8 Å². The molecular formula is C27H28N6O2. The standard InChI is InChI=1S/C27H28N6O2/c1-2-26(34)33-15-19(16-33)17-6-8-20(9-7-17)32-25-12-24(22(14-31-25)27(28)35)30-13-18-4-3-5-23-21(18)10-11-29-23/h3-12,14,19,29H,2,13,15-16H2,1H3,(H2,28,35)(H2,30,31,32). The predicted octanol–water partition coefficient (Wildman–Crippen LogP) is 4.35. The Morgan fingerprint density at radius 2 is 1.94 bits per heavy atom. The van der Waals surface area contributed by atoms with Gasteiger partial charge in [0.25, 0.3) is 5.91 Å². The Labute approximate surface area is 203 Å². The molecule has 178 valence electrons. The number of primary amides is 1. The van der Waals surface area contributed by atoms with Crippen LogP contribution in [0.3, 0.4) is 0 Å². The molecule has 1 saturated heterocycles. The third-order valence-electron chi connectivity index (χ3n) is 6.52. The first-order valence-corrected chi connectivity index (χ1v) is 11.7. The number of carbonyl (C=O) groups is 2. The minimum atomic E-state index is -0.535. The number of rotatable bonds is 8. The summed E-state index contributed by atoms with van der Waals surface area (Å²) in [6, 6.07) is 18.1. The number of aromatic nitrogens is 2. The molecule has 8 nitrogen and oxygen atoms in total. The molecule has 0 atom stereocenters. The number of hydrogen-bond donors (Lipinski definition) is 4. The topological polar surface area (TPSA) is 116 Å². The minimum absolute atomic E-state index is 0.208. The molecule has 0 spiro atoms. The number of anilines is 3. The van der Waals surface area contributed by atoms with Gasteiger partial charge in [-0.2, -0.15) is 0 Å². The molecule has 35 heavy (non-hydrogen) atoms. The number of pyridine rings is 1. The van der Waals surface area contributed by atoms with Crippen LogP contribution >= 0.6 is 0 Å². The normalized spacial score (nSPS) is 13.5. The summed E-state index contributed by atoms with van der Waals surface area (Å²) in [6.07, 6.45) is 3.95. The summed E-state index contributed by atoms with van der Waals surface area (Å²) in [6.45, 7) is 3.98. The fourth-order valence-corrected chi connectivity index (χ4v) is 4.46. The smallest absolute Gasteiger partial charge is 0.252 e. The lowest BCUT2D eigenvalue weighted by atomic mass is 9.91. The number of nitrogens with zero attached hydrogens (tertiary/aromatic N) is 2. The molecule has 0 radical (unpaired) electrons. The number of nitrogens with one attached hydrogen (secondary N) is 3. The van der Waals surface area contributed by atoms with E-state index in [9.17, 15) is 9.59 Å². The highest BCUT2D eigenvalue weighted by molar-refractivity contribution is 5.98. The second-order valence-corrected chi connectivity index (χ2v) is 8.79. The fourth-order valence-electron chi connectivity index (χ4n) is 4.46. The molecular weight excluding hydrogens is 440 g/mol. The molecule has 1 fully saturated rings. The van der Waals surface area contributed by atoms with Crippen molar-refractivity contribution in [3.05, 3.63) is 83.7 Å². The molecule has 2 aromatic carbocycles. The van der Waals surface area contributed by atoms with E-state index in [4.69, 9.17) is 5.73 Å². The average Bonchev–Trinajstić information content (AvgIpc) is 3.32. The van der Waals surface area contributed by atoms with Crippen LogP contribution in [0.1, 0.15) is 40.7 Å². The van der Waals surface area contributed by atoms with Crippen LogP contribution in [0.5, 0.6) is 0 Å².